The van der Waals surface area contributed by atoms with Crippen LogP contribution in [0, 0.1) is 10.1 Å². The summed E-state index contributed by atoms with van der Waals surface area (Å²) < 4.78 is 0.829. The van der Waals surface area contributed by atoms with Gasteiger partial charge >= 0.3 is 0 Å². The number of nitrogens with zero attached hydrogens (tertiary/aromatic N) is 1. The van der Waals surface area contributed by atoms with Gasteiger partial charge in [-0.1, -0.05) is 57.9 Å². The average molecular weight is 353 g/mol. The lowest BCUT2D eigenvalue weighted by atomic mass is 10.1. The average Bonchev–Trinajstić information content (AvgIpc) is 2.43. The lowest BCUT2D eigenvalue weighted by Crippen LogP contribution is -2.02. The van der Waals surface area contributed by atoms with E-state index < -0.39 is 0 Å². The van der Waals surface area contributed by atoms with Crippen LogP contribution >= 0.6 is 27.5 Å². The van der Waals surface area contributed by atoms with Crippen LogP contribution in [-0.4, -0.2) is 4.92 Å². The molecule has 0 aliphatic carbocycles. The third kappa shape index (κ3) is 3.92. The first kappa shape index (κ1) is 14.8. The van der Waals surface area contributed by atoms with Gasteiger partial charge in [0.15, 0.2) is 0 Å². The topological polar surface area (TPSA) is 43.1 Å². The fourth-order valence-corrected chi connectivity index (χ4v) is 2.33. The Morgan fingerprint density at radius 1 is 1.25 bits per heavy atom. The second-order valence-corrected chi connectivity index (χ2v) is 5.54. The van der Waals surface area contributed by atoms with Crippen LogP contribution in [0.3, 0.4) is 0 Å². The summed E-state index contributed by atoms with van der Waals surface area (Å²) in [6.07, 6.45) is 1.77. The zero-order valence-electron chi connectivity index (χ0n) is 10.4. The molecule has 0 saturated carbocycles. The smallest absolute Gasteiger partial charge is 0.251 e. The van der Waals surface area contributed by atoms with Crippen LogP contribution in [0.25, 0.3) is 6.08 Å². The van der Waals surface area contributed by atoms with E-state index in [2.05, 4.69) is 15.9 Å². The minimum Gasteiger partial charge on any atom is -0.259 e. The van der Waals surface area contributed by atoms with E-state index in [0.717, 1.165) is 10.0 Å². The van der Waals surface area contributed by atoms with Crippen LogP contribution in [0.15, 0.2) is 58.7 Å². The Kier molecular flexibility index (Phi) is 4.93. The van der Waals surface area contributed by atoms with Crippen molar-refractivity contribution in [3.63, 3.8) is 0 Å². The highest BCUT2D eigenvalue weighted by molar-refractivity contribution is 9.10. The maximum atomic E-state index is 11.2. The third-order valence-corrected chi connectivity index (χ3v) is 3.58. The van der Waals surface area contributed by atoms with Gasteiger partial charge in [-0.25, -0.2) is 0 Å². The number of allylic oxidation sites excluding steroid dienone is 1. The van der Waals surface area contributed by atoms with Crippen molar-refractivity contribution < 1.29 is 4.92 Å². The fourth-order valence-electron chi connectivity index (χ4n) is 1.78. The lowest BCUT2D eigenvalue weighted by Gasteiger charge is -2.02. The van der Waals surface area contributed by atoms with Crippen LogP contribution in [0.4, 0.5) is 0 Å². The molecule has 102 valence electrons. The molecule has 0 heterocycles. The van der Waals surface area contributed by atoms with E-state index in [0.29, 0.717) is 10.6 Å². The Balaban J connectivity index is 2.35. The van der Waals surface area contributed by atoms with E-state index in [1.165, 1.54) is 6.08 Å². The van der Waals surface area contributed by atoms with E-state index in [-0.39, 0.29) is 17.0 Å². The second-order valence-electron chi connectivity index (χ2n) is 4.22. The third-order valence-electron chi connectivity index (χ3n) is 2.74. The van der Waals surface area contributed by atoms with Crippen LogP contribution in [0.5, 0.6) is 0 Å². The van der Waals surface area contributed by atoms with Gasteiger partial charge in [0.05, 0.1) is 11.3 Å². The minimum atomic E-state index is -0.371. The maximum Gasteiger partial charge on any atom is 0.251 e. The Bertz CT molecular complexity index is 656. The molecule has 0 unspecified atom stereocenters. The molecule has 0 N–H and O–H groups in total. The normalized spacial score (nSPS) is 11.4. The standard InChI is InChI=1S/C15H11BrClNO2/c16-13-6-7-15(17)12(9-13)10-14(18(19)20)8-11-4-2-1-3-5-11/h1-7,9-10H,8H2/b14-10+. The Morgan fingerprint density at radius 2 is 1.95 bits per heavy atom. The highest BCUT2D eigenvalue weighted by Gasteiger charge is 2.13. The molecule has 2 rings (SSSR count). The minimum absolute atomic E-state index is 0.108. The van der Waals surface area contributed by atoms with E-state index >= 15 is 0 Å². The highest BCUT2D eigenvalue weighted by atomic mass is 79.9. The zero-order valence-corrected chi connectivity index (χ0v) is 12.8. The van der Waals surface area contributed by atoms with Crippen molar-refractivity contribution in [3.8, 4) is 0 Å². The molecule has 0 atom stereocenters. The number of hydrogen-bond donors (Lipinski definition) is 0. The molecule has 0 saturated heterocycles. The summed E-state index contributed by atoms with van der Waals surface area (Å²) in [4.78, 5) is 10.8. The summed E-state index contributed by atoms with van der Waals surface area (Å²) >= 11 is 9.39. The molecule has 5 heteroatoms. The van der Waals surface area contributed by atoms with Gasteiger partial charge in [-0.15, -0.1) is 0 Å². The summed E-state index contributed by atoms with van der Waals surface area (Å²) in [5.41, 5.74) is 1.63. The van der Waals surface area contributed by atoms with Crippen molar-refractivity contribution in [2.75, 3.05) is 0 Å². The Morgan fingerprint density at radius 3 is 2.60 bits per heavy atom. The molecule has 2 aromatic rings. The summed E-state index contributed by atoms with van der Waals surface area (Å²) in [6, 6.07) is 14.6. The van der Waals surface area contributed by atoms with E-state index in [1.807, 2.05) is 30.3 Å². The molecule has 0 amide bonds. The van der Waals surface area contributed by atoms with Crippen molar-refractivity contribution in [1.82, 2.24) is 0 Å². The van der Waals surface area contributed by atoms with Gasteiger partial charge in [-0.05, 0) is 23.8 Å². The number of halogens is 2. The zero-order chi connectivity index (χ0) is 14.5. The molecular weight excluding hydrogens is 342 g/mol. The first-order valence-corrected chi connectivity index (χ1v) is 7.07. The molecule has 0 spiro atoms. The summed E-state index contributed by atoms with van der Waals surface area (Å²) in [6.45, 7) is 0. The van der Waals surface area contributed by atoms with Crippen LogP contribution < -0.4 is 0 Å². The predicted octanol–water partition coefficient (Wildman–Crippen LogP) is 4.96. The number of rotatable bonds is 4. The molecule has 0 aliphatic rings. The van der Waals surface area contributed by atoms with Gasteiger partial charge in [0.2, 0.25) is 0 Å². The highest BCUT2D eigenvalue weighted by Crippen LogP contribution is 2.24. The van der Waals surface area contributed by atoms with Crippen molar-refractivity contribution >= 4 is 33.6 Å². The summed E-state index contributed by atoms with van der Waals surface area (Å²) in [5, 5.41) is 11.7. The second kappa shape index (κ2) is 6.68. The first-order valence-electron chi connectivity index (χ1n) is 5.90. The van der Waals surface area contributed by atoms with Crippen molar-refractivity contribution in [3.05, 3.63) is 85.0 Å². The SMILES string of the molecule is O=[N+]([O-])/C(=C/c1cc(Br)ccc1Cl)Cc1ccccc1. The van der Waals surface area contributed by atoms with Crippen LogP contribution in [0.1, 0.15) is 11.1 Å². The number of hydrogen-bond acceptors (Lipinski definition) is 2. The van der Waals surface area contributed by atoms with E-state index in [9.17, 15) is 10.1 Å². The van der Waals surface area contributed by atoms with Crippen molar-refractivity contribution in [2.24, 2.45) is 0 Å². The van der Waals surface area contributed by atoms with Gasteiger partial charge in [0.25, 0.3) is 5.70 Å². The summed E-state index contributed by atoms with van der Waals surface area (Å²) in [7, 11) is 0. The Labute approximate surface area is 130 Å². The van der Waals surface area contributed by atoms with Crippen LogP contribution in [-0.2, 0) is 6.42 Å². The molecule has 2 aromatic carbocycles. The van der Waals surface area contributed by atoms with Gasteiger partial charge in [0, 0.05) is 21.1 Å². The Hall–Kier alpha value is -1.65. The molecule has 0 aliphatic heterocycles. The predicted molar refractivity (Wildman–Crippen MR) is 84.3 cm³/mol. The molecule has 0 fully saturated rings. The number of benzene rings is 2. The van der Waals surface area contributed by atoms with Gasteiger partial charge in [-0.2, -0.15) is 0 Å². The monoisotopic (exact) mass is 351 g/mol. The maximum absolute atomic E-state index is 11.2. The largest absolute Gasteiger partial charge is 0.259 e. The van der Waals surface area contributed by atoms with Gasteiger partial charge in [-0.3, -0.25) is 10.1 Å². The summed E-state index contributed by atoms with van der Waals surface area (Å²) in [5.74, 6) is 0. The van der Waals surface area contributed by atoms with Gasteiger partial charge < -0.3 is 0 Å². The quantitative estimate of drug-likeness (QED) is 0.576. The first-order chi connectivity index (χ1) is 9.56. The molecule has 20 heavy (non-hydrogen) atoms. The molecular formula is C15H11BrClNO2. The fraction of sp³-hybridized carbons (Fsp3) is 0.0667. The number of nitro groups is 1. The van der Waals surface area contributed by atoms with Gasteiger partial charge in [0.1, 0.15) is 0 Å². The van der Waals surface area contributed by atoms with Crippen molar-refractivity contribution in [1.29, 1.82) is 0 Å². The molecule has 3 nitrogen and oxygen atoms in total. The van der Waals surface area contributed by atoms with Crippen LogP contribution in [0.2, 0.25) is 5.02 Å². The van der Waals surface area contributed by atoms with E-state index in [1.54, 1.807) is 18.2 Å². The van der Waals surface area contributed by atoms with E-state index in [4.69, 9.17) is 11.6 Å². The van der Waals surface area contributed by atoms with Crippen molar-refractivity contribution in [2.45, 2.75) is 6.42 Å². The molecule has 0 radical (unpaired) electrons. The lowest BCUT2D eigenvalue weighted by molar-refractivity contribution is -0.425. The molecule has 0 aromatic heterocycles. The molecule has 0 bridgehead atoms.